The van der Waals surface area contributed by atoms with E-state index < -0.39 is 0 Å². The van der Waals surface area contributed by atoms with Gasteiger partial charge in [0, 0.05) is 17.3 Å². The van der Waals surface area contributed by atoms with Gasteiger partial charge in [0.15, 0.2) is 0 Å². The number of methoxy groups -OCH3 is 1. The molecule has 31 heavy (non-hydrogen) atoms. The van der Waals surface area contributed by atoms with E-state index in [1.165, 1.54) is 7.11 Å². The Labute approximate surface area is 186 Å². The lowest BCUT2D eigenvalue weighted by Crippen LogP contribution is -2.14. The van der Waals surface area contributed by atoms with Crippen LogP contribution in [0.4, 0.5) is 11.4 Å². The zero-order valence-corrected chi connectivity index (χ0v) is 18.0. The van der Waals surface area contributed by atoms with Gasteiger partial charge in [-0.25, -0.2) is 0 Å². The molecule has 0 aliphatic rings. The van der Waals surface area contributed by atoms with Crippen molar-refractivity contribution in [2.45, 2.75) is 13.3 Å². The van der Waals surface area contributed by atoms with Gasteiger partial charge >= 0.3 is 0 Å². The van der Waals surface area contributed by atoms with E-state index in [1.807, 2.05) is 6.92 Å². The van der Waals surface area contributed by atoms with Crippen LogP contribution in [0.2, 0.25) is 5.02 Å². The highest BCUT2D eigenvalue weighted by atomic mass is 35.5. The Balaban J connectivity index is 1.70. The first-order valence-corrected chi connectivity index (χ1v) is 10.2. The van der Waals surface area contributed by atoms with Crippen LogP contribution in [0.5, 0.6) is 11.5 Å². The van der Waals surface area contributed by atoms with E-state index in [2.05, 4.69) is 10.6 Å². The third kappa shape index (κ3) is 5.77. The van der Waals surface area contributed by atoms with E-state index in [0.717, 1.165) is 12.2 Å². The van der Waals surface area contributed by atoms with Crippen molar-refractivity contribution in [3.8, 4) is 11.5 Å². The molecular weight excluding hydrogens is 416 g/mol. The molecular formula is C24H23ClN2O4. The summed E-state index contributed by atoms with van der Waals surface area (Å²) in [4.78, 5) is 25.1. The van der Waals surface area contributed by atoms with Gasteiger partial charge in [-0.15, -0.1) is 0 Å². The number of rotatable bonds is 8. The molecule has 0 saturated heterocycles. The molecule has 0 aromatic heterocycles. The van der Waals surface area contributed by atoms with Crippen molar-refractivity contribution in [2.24, 2.45) is 0 Å². The van der Waals surface area contributed by atoms with Crippen molar-refractivity contribution in [1.82, 2.24) is 0 Å². The minimum Gasteiger partial charge on any atom is -0.494 e. The second-order valence-electron chi connectivity index (χ2n) is 6.68. The second-order valence-corrected chi connectivity index (χ2v) is 7.08. The van der Waals surface area contributed by atoms with Gasteiger partial charge in [0.05, 0.1) is 30.0 Å². The predicted octanol–water partition coefficient (Wildman–Crippen LogP) is 5.64. The SMILES string of the molecule is CCCOc1ccc(C(=O)Nc2ccc(NC(=O)c3ccccc3Cl)c(OC)c2)cc1. The molecule has 3 aromatic rings. The average Bonchev–Trinajstić information content (AvgIpc) is 2.79. The van der Waals surface area contributed by atoms with Crippen LogP contribution >= 0.6 is 11.6 Å². The number of benzene rings is 3. The summed E-state index contributed by atoms with van der Waals surface area (Å²) >= 11 is 6.09. The maximum Gasteiger partial charge on any atom is 0.257 e. The fraction of sp³-hybridized carbons (Fsp3) is 0.167. The zero-order valence-electron chi connectivity index (χ0n) is 17.3. The second kappa shape index (κ2) is 10.5. The van der Waals surface area contributed by atoms with Gasteiger partial charge in [-0.1, -0.05) is 30.7 Å². The molecule has 0 radical (unpaired) electrons. The number of carbonyl (C=O) groups excluding carboxylic acids is 2. The molecule has 0 atom stereocenters. The number of anilines is 2. The van der Waals surface area contributed by atoms with Crippen molar-refractivity contribution in [3.05, 3.63) is 82.9 Å². The highest BCUT2D eigenvalue weighted by Crippen LogP contribution is 2.29. The highest BCUT2D eigenvalue weighted by molar-refractivity contribution is 6.34. The smallest absolute Gasteiger partial charge is 0.257 e. The maximum atomic E-state index is 12.5. The summed E-state index contributed by atoms with van der Waals surface area (Å²) in [6.45, 7) is 2.66. The van der Waals surface area contributed by atoms with E-state index in [-0.39, 0.29) is 11.8 Å². The van der Waals surface area contributed by atoms with Crippen LogP contribution in [0.15, 0.2) is 66.7 Å². The molecule has 3 aromatic carbocycles. The van der Waals surface area contributed by atoms with E-state index in [0.29, 0.717) is 39.9 Å². The molecule has 6 nitrogen and oxygen atoms in total. The Morgan fingerprint density at radius 3 is 2.35 bits per heavy atom. The lowest BCUT2D eigenvalue weighted by Gasteiger charge is -2.13. The minimum atomic E-state index is -0.355. The summed E-state index contributed by atoms with van der Waals surface area (Å²) in [6.07, 6.45) is 0.916. The van der Waals surface area contributed by atoms with Crippen molar-refractivity contribution < 1.29 is 19.1 Å². The normalized spacial score (nSPS) is 10.3. The standard InChI is InChI=1S/C24H23ClN2O4/c1-3-14-31-18-11-8-16(9-12-18)23(28)26-17-10-13-21(22(15-17)30-2)27-24(29)19-6-4-5-7-20(19)25/h4-13,15H,3,14H2,1-2H3,(H,26,28)(H,27,29). The number of hydrogen-bond donors (Lipinski definition) is 2. The monoisotopic (exact) mass is 438 g/mol. The van der Waals surface area contributed by atoms with E-state index in [1.54, 1.807) is 66.7 Å². The maximum absolute atomic E-state index is 12.5. The molecule has 0 spiro atoms. The van der Waals surface area contributed by atoms with E-state index in [9.17, 15) is 9.59 Å². The van der Waals surface area contributed by atoms with Crippen molar-refractivity contribution >= 4 is 34.8 Å². The topological polar surface area (TPSA) is 76.7 Å². The van der Waals surface area contributed by atoms with Crippen LogP contribution in [0.1, 0.15) is 34.1 Å². The lowest BCUT2D eigenvalue weighted by molar-refractivity contribution is 0.101. The molecule has 0 unspecified atom stereocenters. The molecule has 3 rings (SSSR count). The Hall–Kier alpha value is -3.51. The summed E-state index contributed by atoms with van der Waals surface area (Å²) in [6, 6.07) is 18.7. The molecule has 0 aliphatic carbocycles. The summed E-state index contributed by atoms with van der Waals surface area (Å²) in [5.41, 5.74) is 1.85. The van der Waals surface area contributed by atoms with Gasteiger partial charge in [0.2, 0.25) is 0 Å². The number of amides is 2. The summed E-state index contributed by atoms with van der Waals surface area (Å²) < 4.78 is 10.9. The first-order valence-electron chi connectivity index (χ1n) is 9.80. The number of hydrogen-bond acceptors (Lipinski definition) is 4. The van der Waals surface area contributed by atoms with Crippen LogP contribution in [0, 0.1) is 0 Å². The highest BCUT2D eigenvalue weighted by Gasteiger charge is 2.14. The molecule has 0 bridgehead atoms. The number of nitrogens with one attached hydrogen (secondary N) is 2. The van der Waals surface area contributed by atoms with E-state index >= 15 is 0 Å². The summed E-state index contributed by atoms with van der Waals surface area (Å²) in [5, 5.41) is 5.96. The lowest BCUT2D eigenvalue weighted by atomic mass is 10.1. The first-order chi connectivity index (χ1) is 15.0. The summed E-state index contributed by atoms with van der Waals surface area (Å²) in [5.74, 6) is 0.503. The third-order valence-electron chi connectivity index (χ3n) is 4.42. The fourth-order valence-corrected chi connectivity index (χ4v) is 3.05. The molecule has 160 valence electrons. The van der Waals surface area contributed by atoms with Gasteiger partial charge < -0.3 is 20.1 Å². The van der Waals surface area contributed by atoms with Crippen molar-refractivity contribution in [3.63, 3.8) is 0 Å². The minimum absolute atomic E-state index is 0.267. The van der Waals surface area contributed by atoms with Crippen molar-refractivity contribution in [1.29, 1.82) is 0 Å². The fourth-order valence-electron chi connectivity index (χ4n) is 2.83. The van der Waals surface area contributed by atoms with Crippen molar-refractivity contribution in [2.75, 3.05) is 24.4 Å². The van der Waals surface area contributed by atoms with Crippen LogP contribution in [0.25, 0.3) is 0 Å². The van der Waals surface area contributed by atoms with Crippen LogP contribution in [-0.2, 0) is 0 Å². The third-order valence-corrected chi connectivity index (χ3v) is 4.75. The van der Waals surface area contributed by atoms with Crippen LogP contribution < -0.4 is 20.1 Å². The van der Waals surface area contributed by atoms with Gasteiger partial charge in [-0.3, -0.25) is 9.59 Å². The molecule has 0 aliphatic heterocycles. The number of carbonyl (C=O) groups is 2. The van der Waals surface area contributed by atoms with Gasteiger partial charge in [0.25, 0.3) is 11.8 Å². The Morgan fingerprint density at radius 1 is 0.935 bits per heavy atom. The molecule has 0 saturated carbocycles. The van der Waals surface area contributed by atoms with Crippen LogP contribution in [0.3, 0.4) is 0 Å². The molecule has 7 heteroatoms. The Bertz CT molecular complexity index is 1070. The number of ether oxygens (including phenoxy) is 2. The van der Waals surface area contributed by atoms with Crippen LogP contribution in [-0.4, -0.2) is 25.5 Å². The average molecular weight is 439 g/mol. The number of halogens is 1. The quantitative estimate of drug-likeness (QED) is 0.477. The summed E-state index contributed by atoms with van der Waals surface area (Å²) in [7, 11) is 1.49. The predicted molar refractivity (Wildman–Crippen MR) is 123 cm³/mol. The Morgan fingerprint density at radius 2 is 1.68 bits per heavy atom. The molecule has 2 amide bonds. The van der Waals surface area contributed by atoms with Gasteiger partial charge in [-0.05, 0) is 55.0 Å². The molecule has 0 fully saturated rings. The van der Waals surface area contributed by atoms with Gasteiger partial charge in [-0.2, -0.15) is 0 Å². The Kier molecular flexibility index (Phi) is 7.51. The zero-order chi connectivity index (χ0) is 22.2. The largest absolute Gasteiger partial charge is 0.494 e. The van der Waals surface area contributed by atoms with Gasteiger partial charge in [0.1, 0.15) is 11.5 Å². The molecule has 0 heterocycles. The molecule has 2 N–H and O–H groups in total. The first kappa shape index (κ1) is 22.2. The van der Waals surface area contributed by atoms with E-state index in [4.69, 9.17) is 21.1 Å².